The Hall–Kier alpha value is -3.20. The first-order valence-electron chi connectivity index (χ1n) is 12.9. The zero-order valence-corrected chi connectivity index (χ0v) is 23.2. The van der Waals surface area contributed by atoms with Gasteiger partial charge in [0.2, 0.25) is 15.9 Å². The zero-order chi connectivity index (χ0) is 27.2. The highest BCUT2D eigenvalue weighted by Gasteiger charge is 2.35. The number of hydrogen-bond donors (Lipinski definition) is 2. The lowest BCUT2D eigenvalue weighted by Crippen LogP contribution is -2.39. The first kappa shape index (κ1) is 27.4. The molecule has 12 nitrogen and oxygen atoms in total. The number of aromatic nitrogens is 4. The second-order valence-corrected chi connectivity index (χ2v) is 12.3. The Labute approximate surface area is 231 Å². The van der Waals surface area contributed by atoms with E-state index in [0.29, 0.717) is 66.9 Å². The van der Waals surface area contributed by atoms with Crippen molar-refractivity contribution in [3.05, 3.63) is 47.6 Å². The van der Waals surface area contributed by atoms with Crippen molar-refractivity contribution in [1.82, 2.24) is 30.2 Å². The molecule has 4 heterocycles. The molecule has 1 saturated carbocycles. The Morgan fingerprint density at radius 1 is 1.23 bits per heavy atom. The third kappa shape index (κ3) is 7.26. The van der Waals surface area contributed by atoms with Crippen LogP contribution in [-0.2, 0) is 14.8 Å². The molecule has 0 radical (unpaired) electrons. The molecule has 39 heavy (non-hydrogen) atoms. The van der Waals surface area contributed by atoms with E-state index in [0.717, 1.165) is 19.6 Å². The van der Waals surface area contributed by atoms with Crippen LogP contribution in [0.5, 0.6) is 5.88 Å². The molecule has 0 aromatic carbocycles. The van der Waals surface area contributed by atoms with Crippen molar-refractivity contribution >= 4 is 33.0 Å². The van der Waals surface area contributed by atoms with Crippen LogP contribution in [0.15, 0.2) is 36.9 Å². The van der Waals surface area contributed by atoms with E-state index >= 15 is 0 Å². The Bertz CT molecular complexity index is 1390. The molecule has 1 amide bonds. The molecule has 0 bridgehead atoms. The fourth-order valence-electron chi connectivity index (χ4n) is 4.16. The van der Waals surface area contributed by atoms with Crippen molar-refractivity contribution in [3.8, 4) is 16.5 Å². The number of sulfonamides is 1. The van der Waals surface area contributed by atoms with Crippen LogP contribution in [0, 0.1) is 0 Å². The van der Waals surface area contributed by atoms with Crippen LogP contribution in [0.2, 0.25) is 0 Å². The fourth-order valence-corrected chi connectivity index (χ4v) is 6.31. The second kappa shape index (κ2) is 12.3. The molecular weight excluding hydrogens is 542 g/mol. The molecule has 1 atom stereocenters. The lowest BCUT2D eigenvalue weighted by atomic mass is 10.1. The van der Waals surface area contributed by atoms with Crippen molar-refractivity contribution in [1.29, 1.82) is 0 Å². The summed E-state index contributed by atoms with van der Waals surface area (Å²) in [4.78, 5) is 33.6. The van der Waals surface area contributed by atoms with Gasteiger partial charge in [-0.25, -0.2) is 18.4 Å². The van der Waals surface area contributed by atoms with E-state index in [1.54, 1.807) is 30.7 Å². The topological polar surface area (TPSA) is 149 Å². The van der Waals surface area contributed by atoms with Crippen molar-refractivity contribution in [2.75, 3.05) is 44.2 Å². The van der Waals surface area contributed by atoms with Crippen LogP contribution in [-0.4, -0.2) is 83.9 Å². The summed E-state index contributed by atoms with van der Waals surface area (Å²) < 4.78 is 38.5. The number of nitrogens with one attached hydrogen (secondary N) is 2. The summed E-state index contributed by atoms with van der Waals surface area (Å²) in [5, 5.41) is 2.99. The van der Waals surface area contributed by atoms with Gasteiger partial charge in [-0.05, 0) is 38.3 Å². The van der Waals surface area contributed by atoms with Gasteiger partial charge in [0.1, 0.15) is 5.69 Å². The van der Waals surface area contributed by atoms with Crippen molar-refractivity contribution in [2.24, 2.45) is 0 Å². The van der Waals surface area contributed by atoms with Crippen LogP contribution in [0.1, 0.15) is 47.7 Å². The Morgan fingerprint density at radius 2 is 2.05 bits per heavy atom. The molecule has 2 N–H and O–H groups in total. The molecule has 5 rings (SSSR count). The molecule has 3 aromatic rings. The first-order valence-corrected chi connectivity index (χ1v) is 15.3. The molecule has 1 aliphatic carbocycles. The van der Waals surface area contributed by atoms with Gasteiger partial charge in [0.15, 0.2) is 5.01 Å². The van der Waals surface area contributed by atoms with E-state index in [1.165, 1.54) is 17.5 Å². The van der Waals surface area contributed by atoms with E-state index in [2.05, 4.69) is 34.9 Å². The number of ether oxygens (including phenoxy) is 2. The third-order valence-corrected chi connectivity index (χ3v) is 9.25. The van der Waals surface area contributed by atoms with Crippen molar-refractivity contribution in [3.63, 3.8) is 0 Å². The molecule has 3 aromatic heterocycles. The SMILES string of the molecule is CCOc1cncc(-c2cnc(C(=O)N[C@@H](CCN3CCOCC3)c3cc(NS(=O)(=O)C4CC4)ccn3)s2)n1. The summed E-state index contributed by atoms with van der Waals surface area (Å²) in [6.45, 7) is 6.02. The minimum atomic E-state index is -3.42. The minimum Gasteiger partial charge on any atom is -0.477 e. The normalized spacial score (nSPS) is 16.9. The quantitative estimate of drug-likeness (QED) is 0.331. The van der Waals surface area contributed by atoms with E-state index in [-0.39, 0.29) is 16.2 Å². The van der Waals surface area contributed by atoms with Crippen LogP contribution in [0.3, 0.4) is 0 Å². The maximum atomic E-state index is 13.3. The van der Waals surface area contributed by atoms with Gasteiger partial charge >= 0.3 is 0 Å². The summed E-state index contributed by atoms with van der Waals surface area (Å²) >= 11 is 1.21. The highest BCUT2D eigenvalue weighted by Crippen LogP contribution is 2.30. The molecule has 2 fully saturated rings. The van der Waals surface area contributed by atoms with Gasteiger partial charge < -0.3 is 14.8 Å². The number of carbonyl (C=O) groups is 1. The zero-order valence-electron chi connectivity index (χ0n) is 21.6. The summed E-state index contributed by atoms with van der Waals surface area (Å²) in [5.74, 6) is 0.0544. The number of pyridine rings is 1. The molecular formula is C25H31N7O5S2. The highest BCUT2D eigenvalue weighted by atomic mass is 32.2. The lowest BCUT2D eigenvalue weighted by molar-refractivity contribution is 0.0359. The molecule has 0 unspecified atom stereocenters. The minimum absolute atomic E-state index is 0.274. The second-order valence-electron chi connectivity index (χ2n) is 9.29. The van der Waals surface area contributed by atoms with E-state index in [1.807, 2.05) is 6.92 Å². The molecule has 14 heteroatoms. The number of morpholine rings is 1. The average Bonchev–Trinajstić information content (AvgIpc) is 3.70. The Balaban J connectivity index is 1.33. The smallest absolute Gasteiger partial charge is 0.280 e. The molecule has 208 valence electrons. The number of thiazole rings is 1. The third-order valence-electron chi connectivity index (χ3n) is 6.36. The monoisotopic (exact) mass is 573 g/mol. The Kier molecular flexibility index (Phi) is 8.65. The number of nitrogens with zero attached hydrogens (tertiary/aromatic N) is 5. The van der Waals surface area contributed by atoms with Crippen LogP contribution in [0.25, 0.3) is 10.6 Å². The molecule has 1 aliphatic heterocycles. The summed E-state index contributed by atoms with van der Waals surface area (Å²) in [5.41, 5.74) is 1.57. The van der Waals surface area contributed by atoms with Gasteiger partial charge in [0.05, 0.1) is 59.8 Å². The van der Waals surface area contributed by atoms with Gasteiger partial charge in [-0.15, -0.1) is 11.3 Å². The lowest BCUT2D eigenvalue weighted by Gasteiger charge is -2.28. The van der Waals surface area contributed by atoms with Gasteiger partial charge in [-0.2, -0.15) is 0 Å². The number of rotatable bonds is 12. The predicted molar refractivity (Wildman–Crippen MR) is 146 cm³/mol. The summed E-state index contributed by atoms with van der Waals surface area (Å²) in [7, 11) is -3.42. The highest BCUT2D eigenvalue weighted by molar-refractivity contribution is 7.93. The first-order chi connectivity index (χ1) is 18.9. The van der Waals surface area contributed by atoms with E-state index in [4.69, 9.17) is 9.47 Å². The van der Waals surface area contributed by atoms with Gasteiger partial charge in [0, 0.05) is 32.0 Å². The molecule has 2 aliphatic rings. The summed E-state index contributed by atoms with van der Waals surface area (Å²) in [6, 6.07) is 2.85. The number of hydrogen-bond acceptors (Lipinski definition) is 11. The number of carbonyl (C=O) groups excluding carboxylic acids is 1. The van der Waals surface area contributed by atoms with Gasteiger partial charge in [-0.3, -0.25) is 24.4 Å². The van der Waals surface area contributed by atoms with Gasteiger partial charge in [0.25, 0.3) is 5.91 Å². The largest absolute Gasteiger partial charge is 0.477 e. The maximum Gasteiger partial charge on any atom is 0.280 e. The number of amides is 1. The van der Waals surface area contributed by atoms with Gasteiger partial charge in [-0.1, -0.05) is 0 Å². The Morgan fingerprint density at radius 3 is 2.82 bits per heavy atom. The van der Waals surface area contributed by atoms with Crippen LogP contribution < -0.4 is 14.8 Å². The molecule has 1 saturated heterocycles. The van der Waals surface area contributed by atoms with E-state index < -0.39 is 16.1 Å². The number of anilines is 1. The average molecular weight is 574 g/mol. The summed E-state index contributed by atoms with van der Waals surface area (Å²) in [6.07, 6.45) is 8.20. The van der Waals surface area contributed by atoms with Crippen LogP contribution in [0.4, 0.5) is 5.69 Å². The van der Waals surface area contributed by atoms with Crippen LogP contribution >= 0.6 is 11.3 Å². The standard InChI is InChI=1S/C25H31N7O5S2/c1-2-37-23-16-26-14-21(29-23)22-15-28-25(38-22)24(33)30-19(6-8-32-9-11-36-12-10-32)20-13-17(5-7-27-20)31-39(34,35)18-3-4-18/h5,7,13-16,18-19H,2-4,6,8-12H2,1H3,(H,27,31)(H,30,33)/t19-/m0/s1. The van der Waals surface area contributed by atoms with E-state index in [9.17, 15) is 13.2 Å². The maximum absolute atomic E-state index is 13.3. The predicted octanol–water partition coefficient (Wildman–Crippen LogP) is 2.49. The fraction of sp³-hybridized carbons (Fsp3) is 0.480. The molecule has 0 spiro atoms. The van der Waals surface area contributed by atoms with Crippen molar-refractivity contribution < 1.29 is 22.7 Å². The van der Waals surface area contributed by atoms with Crippen molar-refractivity contribution in [2.45, 2.75) is 37.5 Å².